The molecule has 0 saturated heterocycles. The van der Waals surface area contributed by atoms with Crippen LogP contribution in [0.3, 0.4) is 0 Å². The summed E-state index contributed by atoms with van der Waals surface area (Å²) in [5.74, 6) is 0.0792. The highest BCUT2D eigenvalue weighted by atomic mass is 16.5. The fraction of sp³-hybridized carbons (Fsp3) is 0.409. The zero-order valence-corrected chi connectivity index (χ0v) is 15.5. The van der Waals surface area contributed by atoms with E-state index in [-0.39, 0.29) is 24.0 Å². The first-order valence-corrected chi connectivity index (χ1v) is 9.21. The fourth-order valence-corrected chi connectivity index (χ4v) is 3.61. The van der Waals surface area contributed by atoms with Crippen molar-refractivity contribution in [3.05, 3.63) is 59.7 Å². The predicted octanol–water partition coefficient (Wildman–Crippen LogP) is 4.32. The van der Waals surface area contributed by atoms with Gasteiger partial charge in [-0.25, -0.2) is 4.79 Å². The third-order valence-electron chi connectivity index (χ3n) is 5.07. The van der Waals surface area contributed by atoms with Crippen LogP contribution in [0.15, 0.2) is 48.5 Å². The first-order valence-electron chi connectivity index (χ1n) is 9.21. The van der Waals surface area contributed by atoms with E-state index >= 15 is 0 Å². The fourth-order valence-electron chi connectivity index (χ4n) is 3.61. The summed E-state index contributed by atoms with van der Waals surface area (Å²) in [5.41, 5.74) is 4.81. The van der Waals surface area contributed by atoms with Crippen molar-refractivity contribution < 1.29 is 14.6 Å². The van der Waals surface area contributed by atoms with Gasteiger partial charge in [0.15, 0.2) is 0 Å². The molecule has 2 aromatic rings. The highest BCUT2D eigenvalue weighted by Gasteiger charge is 2.29. The minimum absolute atomic E-state index is 0.0612. The molecule has 0 heterocycles. The Labute approximate surface area is 155 Å². The number of ether oxygens (including phenoxy) is 1. The third-order valence-corrected chi connectivity index (χ3v) is 5.07. The summed E-state index contributed by atoms with van der Waals surface area (Å²) in [6, 6.07) is 16.6. The Bertz CT molecular complexity index is 724. The van der Waals surface area contributed by atoms with E-state index in [1.165, 1.54) is 22.3 Å². The lowest BCUT2D eigenvalue weighted by Gasteiger charge is -2.24. The number of fused-ring (bicyclic) bond motifs is 3. The normalized spacial score (nSPS) is 13.2. The van der Waals surface area contributed by atoms with E-state index in [9.17, 15) is 4.79 Å². The average molecular weight is 353 g/mol. The van der Waals surface area contributed by atoms with Crippen LogP contribution in [0.4, 0.5) is 4.79 Å². The van der Waals surface area contributed by atoms with Gasteiger partial charge in [0, 0.05) is 19.1 Å². The van der Waals surface area contributed by atoms with Gasteiger partial charge in [0.25, 0.3) is 0 Å². The highest BCUT2D eigenvalue weighted by molar-refractivity contribution is 5.79. The first kappa shape index (κ1) is 18.5. The van der Waals surface area contributed by atoms with Gasteiger partial charge in [0.2, 0.25) is 0 Å². The van der Waals surface area contributed by atoms with Crippen LogP contribution in [0.2, 0.25) is 0 Å². The molecular formula is C22H27NO3. The van der Waals surface area contributed by atoms with Gasteiger partial charge < -0.3 is 15.2 Å². The van der Waals surface area contributed by atoms with Crippen LogP contribution in [0, 0.1) is 5.41 Å². The Kier molecular flexibility index (Phi) is 5.62. The number of alkyl carbamates (subject to hydrolysis) is 1. The molecule has 4 nitrogen and oxygen atoms in total. The van der Waals surface area contributed by atoms with Crippen LogP contribution in [-0.2, 0) is 4.74 Å². The number of hydrogen-bond donors (Lipinski definition) is 2. The van der Waals surface area contributed by atoms with E-state index in [0.717, 1.165) is 12.8 Å². The zero-order chi connectivity index (χ0) is 18.6. The molecule has 0 aromatic heterocycles. The molecule has 0 aliphatic heterocycles. The molecule has 3 rings (SSSR count). The number of amides is 1. The standard InChI is InChI=1S/C22H27NO3/c1-22(2,12-7-13-24)15-23-21(25)26-14-20-18-10-5-3-8-16(18)17-9-4-6-11-19(17)20/h3-6,8-11,20,24H,7,12-15H2,1-2H3,(H,23,25). The van der Waals surface area contributed by atoms with Crippen LogP contribution in [0.5, 0.6) is 0 Å². The zero-order valence-electron chi connectivity index (χ0n) is 15.5. The molecule has 0 saturated carbocycles. The van der Waals surface area contributed by atoms with Crippen LogP contribution in [-0.4, -0.2) is 31.0 Å². The smallest absolute Gasteiger partial charge is 0.407 e. The summed E-state index contributed by atoms with van der Waals surface area (Å²) in [4.78, 5) is 12.2. The summed E-state index contributed by atoms with van der Waals surface area (Å²) in [5, 5.41) is 11.8. The SMILES string of the molecule is CC(C)(CCCO)CNC(=O)OCC1c2ccccc2-c2ccccc21. The maximum Gasteiger partial charge on any atom is 0.407 e. The van der Waals surface area contributed by atoms with Gasteiger partial charge in [-0.05, 0) is 40.5 Å². The molecule has 0 radical (unpaired) electrons. The second-order valence-corrected chi connectivity index (χ2v) is 7.67. The largest absolute Gasteiger partial charge is 0.449 e. The molecule has 0 fully saturated rings. The first-order chi connectivity index (χ1) is 12.5. The summed E-state index contributed by atoms with van der Waals surface area (Å²) in [7, 11) is 0. The Hall–Kier alpha value is -2.33. The lowest BCUT2D eigenvalue weighted by atomic mass is 9.88. The van der Waals surface area contributed by atoms with Crippen molar-refractivity contribution in [3.8, 4) is 11.1 Å². The molecule has 1 aliphatic carbocycles. The van der Waals surface area contributed by atoms with Crippen molar-refractivity contribution >= 4 is 6.09 Å². The molecule has 26 heavy (non-hydrogen) atoms. The number of aliphatic hydroxyl groups is 1. The number of nitrogens with one attached hydrogen (secondary N) is 1. The van der Waals surface area contributed by atoms with E-state index in [2.05, 4.69) is 43.4 Å². The topological polar surface area (TPSA) is 58.6 Å². The number of benzene rings is 2. The van der Waals surface area contributed by atoms with Crippen molar-refractivity contribution in [2.45, 2.75) is 32.6 Å². The van der Waals surface area contributed by atoms with Crippen molar-refractivity contribution in [1.29, 1.82) is 0 Å². The average Bonchev–Trinajstić information content (AvgIpc) is 2.97. The highest BCUT2D eigenvalue weighted by Crippen LogP contribution is 2.44. The van der Waals surface area contributed by atoms with Crippen molar-refractivity contribution in [2.24, 2.45) is 5.41 Å². The molecule has 2 N–H and O–H groups in total. The quantitative estimate of drug-likeness (QED) is 0.779. The van der Waals surface area contributed by atoms with Crippen molar-refractivity contribution in [1.82, 2.24) is 5.32 Å². The Morgan fingerprint density at radius 1 is 1.08 bits per heavy atom. The van der Waals surface area contributed by atoms with Gasteiger partial charge >= 0.3 is 6.09 Å². The van der Waals surface area contributed by atoms with Gasteiger partial charge in [-0.1, -0.05) is 62.4 Å². The second kappa shape index (κ2) is 7.92. The predicted molar refractivity (Wildman–Crippen MR) is 103 cm³/mol. The van der Waals surface area contributed by atoms with Gasteiger partial charge in [0.1, 0.15) is 6.61 Å². The number of carbonyl (C=O) groups excluding carboxylic acids is 1. The van der Waals surface area contributed by atoms with Gasteiger partial charge in [-0.3, -0.25) is 0 Å². The second-order valence-electron chi connectivity index (χ2n) is 7.67. The molecule has 1 amide bonds. The Balaban J connectivity index is 1.61. The van der Waals surface area contributed by atoms with Crippen molar-refractivity contribution in [3.63, 3.8) is 0 Å². The molecule has 4 heteroatoms. The van der Waals surface area contributed by atoms with Crippen LogP contribution in [0.25, 0.3) is 11.1 Å². The molecule has 0 spiro atoms. The summed E-state index contributed by atoms with van der Waals surface area (Å²) in [6.07, 6.45) is 1.20. The molecule has 0 unspecified atom stereocenters. The van der Waals surface area contributed by atoms with Crippen LogP contribution < -0.4 is 5.32 Å². The summed E-state index contributed by atoms with van der Waals surface area (Å²) >= 11 is 0. The minimum Gasteiger partial charge on any atom is -0.449 e. The summed E-state index contributed by atoms with van der Waals surface area (Å²) in [6.45, 7) is 5.19. The molecule has 0 atom stereocenters. The minimum atomic E-state index is -0.385. The van der Waals surface area contributed by atoms with Crippen molar-refractivity contribution in [2.75, 3.05) is 19.8 Å². The monoisotopic (exact) mass is 353 g/mol. The maximum absolute atomic E-state index is 12.2. The molecule has 0 bridgehead atoms. The number of hydrogen-bond acceptors (Lipinski definition) is 3. The van der Waals surface area contributed by atoms with Gasteiger partial charge in [-0.15, -0.1) is 0 Å². The van der Waals surface area contributed by atoms with E-state index in [0.29, 0.717) is 13.2 Å². The lowest BCUT2D eigenvalue weighted by Crippen LogP contribution is -2.35. The Morgan fingerprint density at radius 3 is 2.23 bits per heavy atom. The van der Waals surface area contributed by atoms with Gasteiger partial charge in [0.05, 0.1) is 0 Å². The van der Waals surface area contributed by atoms with Crippen LogP contribution >= 0.6 is 0 Å². The van der Waals surface area contributed by atoms with E-state index in [1.54, 1.807) is 0 Å². The van der Waals surface area contributed by atoms with Gasteiger partial charge in [-0.2, -0.15) is 0 Å². The number of carbonyl (C=O) groups is 1. The Morgan fingerprint density at radius 2 is 1.65 bits per heavy atom. The molecule has 2 aromatic carbocycles. The number of aliphatic hydroxyl groups excluding tert-OH is 1. The van der Waals surface area contributed by atoms with E-state index < -0.39 is 0 Å². The van der Waals surface area contributed by atoms with E-state index in [4.69, 9.17) is 9.84 Å². The lowest BCUT2D eigenvalue weighted by molar-refractivity contribution is 0.137. The number of rotatable bonds is 7. The van der Waals surface area contributed by atoms with E-state index in [1.807, 2.05) is 24.3 Å². The molecular weight excluding hydrogens is 326 g/mol. The maximum atomic E-state index is 12.2. The van der Waals surface area contributed by atoms with Crippen LogP contribution in [0.1, 0.15) is 43.7 Å². The third kappa shape index (κ3) is 4.07. The molecule has 138 valence electrons. The molecule has 1 aliphatic rings. The summed E-state index contributed by atoms with van der Waals surface area (Å²) < 4.78 is 5.54.